The van der Waals surface area contributed by atoms with Crippen molar-refractivity contribution in [1.29, 1.82) is 0 Å². The molecule has 2 nitrogen and oxygen atoms in total. The van der Waals surface area contributed by atoms with Gasteiger partial charge in [0.15, 0.2) is 0 Å². The Morgan fingerprint density at radius 1 is 1.12 bits per heavy atom. The minimum absolute atomic E-state index is 0.189. The van der Waals surface area contributed by atoms with Crippen molar-refractivity contribution in [2.45, 2.75) is 25.7 Å². The zero-order chi connectivity index (χ0) is 11.8. The Balaban J connectivity index is 1.80. The van der Waals surface area contributed by atoms with Crippen LogP contribution < -0.4 is 10.6 Å². The number of anilines is 2. The number of hydrogen-bond acceptors (Lipinski definition) is 2. The van der Waals surface area contributed by atoms with E-state index in [1.54, 1.807) is 12.1 Å². The SMILES string of the molecule is Nc1ccc(F)cc1N(CC1CC1)CC1CC1. The first-order valence-corrected chi connectivity index (χ1v) is 6.52. The summed E-state index contributed by atoms with van der Waals surface area (Å²) in [6, 6.07) is 4.70. The molecule has 0 saturated heterocycles. The van der Waals surface area contributed by atoms with Crippen LogP contribution in [0.1, 0.15) is 25.7 Å². The molecule has 2 aliphatic carbocycles. The maximum absolute atomic E-state index is 13.3. The fraction of sp³-hybridized carbons (Fsp3) is 0.571. The third-order valence-corrected chi connectivity index (χ3v) is 3.68. The van der Waals surface area contributed by atoms with Crippen LogP contribution >= 0.6 is 0 Å². The van der Waals surface area contributed by atoms with Gasteiger partial charge in [-0.1, -0.05) is 0 Å². The highest BCUT2D eigenvalue weighted by Gasteiger charge is 2.30. The van der Waals surface area contributed by atoms with Gasteiger partial charge in [0.05, 0.1) is 11.4 Å². The van der Waals surface area contributed by atoms with Crippen LogP contribution in [0.5, 0.6) is 0 Å². The second-order valence-electron chi connectivity index (χ2n) is 5.49. The van der Waals surface area contributed by atoms with Gasteiger partial charge in [-0.15, -0.1) is 0 Å². The summed E-state index contributed by atoms with van der Waals surface area (Å²) in [5.74, 6) is 1.42. The highest BCUT2D eigenvalue weighted by Crippen LogP contribution is 2.37. The quantitative estimate of drug-likeness (QED) is 0.793. The summed E-state index contributed by atoms with van der Waals surface area (Å²) in [6.45, 7) is 2.09. The lowest BCUT2D eigenvalue weighted by Gasteiger charge is -2.26. The molecule has 0 amide bonds. The van der Waals surface area contributed by atoms with Crippen LogP contribution in [0.25, 0.3) is 0 Å². The molecule has 0 aromatic heterocycles. The highest BCUT2D eigenvalue weighted by atomic mass is 19.1. The number of nitrogen functional groups attached to an aromatic ring is 1. The van der Waals surface area contributed by atoms with Gasteiger partial charge in [0.1, 0.15) is 5.82 Å². The van der Waals surface area contributed by atoms with E-state index < -0.39 is 0 Å². The van der Waals surface area contributed by atoms with Crippen LogP contribution in [0.4, 0.5) is 15.8 Å². The molecule has 2 fully saturated rings. The average Bonchev–Trinajstić information content (AvgIpc) is 3.15. The summed E-state index contributed by atoms with van der Waals surface area (Å²) < 4.78 is 13.3. The normalized spacial score (nSPS) is 19.4. The number of hydrogen-bond donors (Lipinski definition) is 1. The Labute approximate surface area is 102 Å². The maximum atomic E-state index is 13.3. The van der Waals surface area contributed by atoms with Crippen LogP contribution in [-0.2, 0) is 0 Å². The van der Waals surface area contributed by atoms with Gasteiger partial charge in [0.25, 0.3) is 0 Å². The predicted molar refractivity (Wildman–Crippen MR) is 68.5 cm³/mol. The van der Waals surface area contributed by atoms with E-state index in [-0.39, 0.29) is 5.82 Å². The second kappa shape index (κ2) is 4.21. The Morgan fingerprint density at radius 3 is 2.24 bits per heavy atom. The molecule has 2 aliphatic rings. The molecule has 0 aliphatic heterocycles. The van der Waals surface area contributed by atoms with Crippen LogP contribution in [0.3, 0.4) is 0 Å². The summed E-state index contributed by atoms with van der Waals surface area (Å²) in [7, 11) is 0. The molecule has 0 radical (unpaired) electrons. The highest BCUT2D eigenvalue weighted by molar-refractivity contribution is 5.67. The van der Waals surface area contributed by atoms with Crippen molar-refractivity contribution in [3.05, 3.63) is 24.0 Å². The van der Waals surface area contributed by atoms with Gasteiger partial charge in [-0.05, 0) is 55.7 Å². The smallest absolute Gasteiger partial charge is 0.125 e. The molecule has 0 bridgehead atoms. The molecule has 3 rings (SSSR count). The third kappa shape index (κ3) is 2.71. The standard InChI is InChI=1S/C14H19FN2/c15-12-5-6-13(16)14(7-12)17(8-10-1-2-10)9-11-3-4-11/h5-7,10-11H,1-4,8-9,16H2. The van der Waals surface area contributed by atoms with E-state index in [4.69, 9.17) is 5.73 Å². The summed E-state index contributed by atoms with van der Waals surface area (Å²) in [4.78, 5) is 2.30. The van der Waals surface area contributed by atoms with E-state index in [1.165, 1.54) is 31.7 Å². The number of rotatable bonds is 5. The molecule has 0 unspecified atom stereocenters. The number of nitrogens with two attached hydrogens (primary N) is 1. The Kier molecular flexibility index (Phi) is 2.69. The molecule has 2 saturated carbocycles. The number of benzene rings is 1. The van der Waals surface area contributed by atoms with Crippen molar-refractivity contribution in [3.63, 3.8) is 0 Å². The fourth-order valence-corrected chi connectivity index (χ4v) is 2.29. The number of halogens is 1. The minimum atomic E-state index is -0.189. The van der Waals surface area contributed by atoms with E-state index in [9.17, 15) is 4.39 Å². The van der Waals surface area contributed by atoms with Crippen molar-refractivity contribution in [2.75, 3.05) is 23.7 Å². The lowest BCUT2D eigenvalue weighted by Crippen LogP contribution is -2.28. The van der Waals surface area contributed by atoms with Gasteiger partial charge < -0.3 is 10.6 Å². The second-order valence-corrected chi connectivity index (χ2v) is 5.49. The molecule has 3 heteroatoms. The zero-order valence-electron chi connectivity index (χ0n) is 10.0. The molecule has 0 atom stereocenters. The summed E-state index contributed by atoms with van der Waals surface area (Å²) in [6.07, 6.45) is 5.26. The summed E-state index contributed by atoms with van der Waals surface area (Å²) >= 11 is 0. The van der Waals surface area contributed by atoms with E-state index in [2.05, 4.69) is 4.90 Å². The van der Waals surface area contributed by atoms with Crippen LogP contribution in [0.15, 0.2) is 18.2 Å². The fourth-order valence-electron chi connectivity index (χ4n) is 2.29. The van der Waals surface area contributed by atoms with Crippen molar-refractivity contribution < 1.29 is 4.39 Å². The van der Waals surface area contributed by atoms with Crippen LogP contribution in [0, 0.1) is 17.7 Å². The first-order chi connectivity index (χ1) is 8.22. The van der Waals surface area contributed by atoms with Crippen molar-refractivity contribution in [1.82, 2.24) is 0 Å². The first-order valence-electron chi connectivity index (χ1n) is 6.52. The zero-order valence-corrected chi connectivity index (χ0v) is 10.0. The van der Waals surface area contributed by atoms with Crippen LogP contribution in [-0.4, -0.2) is 13.1 Å². The maximum Gasteiger partial charge on any atom is 0.125 e. The van der Waals surface area contributed by atoms with Crippen molar-refractivity contribution in [2.24, 2.45) is 11.8 Å². The Bertz CT molecular complexity index is 397. The lowest BCUT2D eigenvalue weighted by atomic mass is 10.2. The van der Waals surface area contributed by atoms with Gasteiger partial charge >= 0.3 is 0 Å². The summed E-state index contributed by atoms with van der Waals surface area (Å²) in [5, 5.41) is 0. The topological polar surface area (TPSA) is 29.3 Å². The largest absolute Gasteiger partial charge is 0.397 e. The molecule has 92 valence electrons. The minimum Gasteiger partial charge on any atom is -0.397 e. The molecule has 0 heterocycles. The van der Waals surface area contributed by atoms with E-state index in [1.807, 2.05) is 0 Å². The predicted octanol–water partition coefficient (Wildman–Crippen LogP) is 3.03. The van der Waals surface area contributed by atoms with Crippen molar-refractivity contribution >= 4 is 11.4 Å². The average molecular weight is 234 g/mol. The van der Waals surface area contributed by atoms with Crippen molar-refractivity contribution in [3.8, 4) is 0 Å². The van der Waals surface area contributed by atoms with Gasteiger partial charge in [-0.3, -0.25) is 0 Å². The van der Waals surface area contributed by atoms with Gasteiger partial charge in [-0.2, -0.15) is 0 Å². The van der Waals surface area contributed by atoms with Gasteiger partial charge in [0, 0.05) is 13.1 Å². The summed E-state index contributed by atoms with van der Waals surface area (Å²) in [5.41, 5.74) is 7.57. The molecule has 17 heavy (non-hydrogen) atoms. The Morgan fingerprint density at radius 2 is 1.71 bits per heavy atom. The molecule has 1 aromatic carbocycles. The molecule has 0 spiro atoms. The van der Waals surface area contributed by atoms with E-state index in [0.717, 1.165) is 30.6 Å². The number of nitrogens with zero attached hydrogens (tertiary/aromatic N) is 1. The molecular weight excluding hydrogens is 215 g/mol. The first kappa shape index (κ1) is 10.9. The molecule has 1 aromatic rings. The van der Waals surface area contributed by atoms with Gasteiger partial charge in [-0.25, -0.2) is 4.39 Å². The molecule has 2 N–H and O–H groups in total. The monoisotopic (exact) mass is 234 g/mol. The van der Waals surface area contributed by atoms with Gasteiger partial charge in [0.2, 0.25) is 0 Å². The van der Waals surface area contributed by atoms with E-state index in [0.29, 0.717) is 5.69 Å². The third-order valence-electron chi connectivity index (χ3n) is 3.68. The molecular formula is C14H19FN2. The Hall–Kier alpha value is -1.25. The van der Waals surface area contributed by atoms with Crippen LogP contribution in [0.2, 0.25) is 0 Å². The lowest BCUT2D eigenvalue weighted by molar-refractivity contribution is 0.623. The van der Waals surface area contributed by atoms with E-state index >= 15 is 0 Å².